The van der Waals surface area contributed by atoms with Crippen molar-refractivity contribution in [1.29, 1.82) is 0 Å². The molecule has 3 rings (SSSR count). The Morgan fingerprint density at radius 1 is 0.875 bits per heavy atom. The summed E-state index contributed by atoms with van der Waals surface area (Å²) in [5.74, 6) is -2.88. The number of rotatable bonds is 22. The number of hydrogen-bond acceptors (Lipinski definition) is 5. The van der Waals surface area contributed by atoms with Crippen LogP contribution in [0.25, 0.3) is 10.8 Å². The van der Waals surface area contributed by atoms with Gasteiger partial charge in [0.15, 0.2) is 0 Å². The highest BCUT2D eigenvalue weighted by Crippen LogP contribution is 2.29. The number of unbranched alkanes of at least 4 members (excludes halogenated alkanes) is 7. The van der Waals surface area contributed by atoms with E-state index in [0.717, 1.165) is 54.9 Å². The van der Waals surface area contributed by atoms with Gasteiger partial charge in [-0.2, -0.15) is 0 Å². The number of aldehydes is 1. The molecule has 1 saturated carbocycles. The number of Topliss-reactive ketones (excluding diaryl/α,β-unsaturated/α-hetero) is 1. The van der Waals surface area contributed by atoms with E-state index >= 15 is 0 Å². The minimum absolute atomic E-state index is 0.0661. The first-order valence-electron chi connectivity index (χ1n) is 18.5. The SMILES string of the molecule is CCCCCCCCCCC(C(N)=O)[C@H](Cc1cccc2ccccc12)C(=O)N[C@@H](CC(C)C)C(=O)N[C@H](C=O)C[C@@H]1CCCCC1=O. The van der Waals surface area contributed by atoms with Crippen LogP contribution in [0.15, 0.2) is 42.5 Å². The average molecular weight is 662 g/mol. The summed E-state index contributed by atoms with van der Waals surface area (Å²) in [6.07, 6.45) is 14.0. The lowest BCUT2D eigenvalue weighted by Crippen LogP contribution is -2.53. The maximum Gasteiger partial charge on any atom is 0.243 e. The Balaban J connectivity index is 1.80. The molecular weight excluding hydrogens is 602 g/mol. The van der Waals surface area contributed by atoms with Crippen molar-refractivity contribution < 1.29 is 24.0 Å². The molecule has 5 atom stereocenters. The first-order valence-corrected chi connectivity index (χ1v) is 18.5. The second-order valence-electron chi connectivity index (χ2n) is 14.3. The first kappa shape index (κ1) is 38.9. The predicted molar refractivity (Wildman–Crippen MR) is 192 cm³/mol. The fraction of sp³-hybridized carbons (Fsp3) is 0.625. The Bertz CT molecular complexity index is 1340. The van der Waals surface area contributed by atoms with Crippen molar-refractivity contribution in [2.45, 2.75) is 136 Å². The summed E-state index contributed by atoms with van der Waals surface area (Å²) in [5.41, 5.74) is 6.97. The second-order valence-corrected chi connectivity index (χ2v) is 14.3. The van der Waals surface area contributed by atoms with Crippen LogP contribution in [0.2, 0.25) is 0 Å². The molecule has 0 bridgehead atoms. The van der Waals surface area contributed by atoms with E-state index in [1.807, 2.05) is 56.3 Å². The molecule has 8 nitrogen and oxygen atoms in total. The highest BCUT2D eigenvalue weighted by Gasteiger charge is 2.36. The number of nitrogens with two attached hydrogens (primary N) is 1. The van der Waals surface area contributed by atoms with Crippen LogP contribution in [0.3, 0.4) is 0 Å². The summed E-state index contributed by atoms with van der Waals surface area (Å²) in [4.78, 5) is 65.4. The maximum atomic E-state index is 14.3. The van der Waals surface area contributed by atoms with Crippen molar-refractivity contribution in [3.63, 3.8) is 0 Å². The second kappa shape index (κ2) is 20.7. The average Bonchev–Trinajstić information content (AvgIpc) is 3.06. The normalized spacial score (nSPS) is 17.4. The third-order valence-corrected chi connectivity index (χ3v) is 9.93. The van der Waals surface area contributed by atoms with Crippen LogP contribution in [0.1, 0.15) is 123 Å². The molecule has 1 unspecified atom stereocenters. The first-order chi connectivity index (χ1) is 23.1. The Morgan fingerprint density at radius 2 is 1.56 bits per heavy atom. The van der Waals surface area contributed by atoms with Gasteiger partial charge in [-0.15, -0.1) is 0 Å². The zero-order valence-corrected chi connectivity index (χ0v) is 29.5. The van der Waals surface area contributed by atoms with E-state index in [0.29, 0.717) is 38.4 Å². The van der Waals surface area contributed by atoms with Crippen LogP contribution in [0, 0.1) is 23.7 Å². The van der Waals surface area contributed by atoms with Gasteiger partial charge in [0.25, 0.3) is 0 Å². The number of carbonyl (C=O) groups is 5. The van der Waals surface area contributed by atoms with Gasteiger partial charge in [0.2, 0.25) is 17.7 Å². The summed E-state index contributed by atoms with van der Waals surface area (Å²) in [6, 6.07) is 12.2. The van der Waals surface area contributed by atoms with Gasteiger partial charge in [0, 0.05) is 18.3 Å². The van der Waals surface area contributed by atoms with Gasteiger partial charge in [-0.25, -0.2) is 0 Å². The van der Waals surface area contributed by atoms with E-state index in [1.165, 1.54) is 25.7 Å². The number of nitrogens with one attached hydrogen (secondary N) is 2. The quantitative estimate of drug-likeness (QED) is 0.0923. The summed E-state index contributed by atoms with van der Waals surface area (Å²) < 4.78 is 0. The summed E-state index contributed by atoms with van der Waals surface area (Å²) in [6.45, 7) is 6.13. The molecule has 1 aliphatic carbocycles. The molecule has 0 spiro atoms. The van der Waals surface area contributed by atoms with Crippen molar-refractivity contribution in [1.82, 2.24) is 10.6 Å². The smallest absolute Gasteiger partial charge is 0.243 e. The highest BCUT2D eigenvalue weighted by molar-refractivity contribution is 5.93. The van der Waals surface area contributed by atoms with E-state index < -0.39 is 41.6 Å². The molecule has 2 aromatic carbocycles. The van der Waals surface area contributed by atoms with E-state index in [4.69, 9.17) is 5.73 Å². The summed E-state index contributed by atoms with van der Waals surface area (Å²) in [5, 5.41) is 7.85. The Labute approximate surface area is 287 Å². The number of benzene rings is 2. The standard InChI is InChI=1S/C40H59N3O5/c1-4-5-6-7-8-9-10-11-22-34(38(41)46)35(26-30-20-16-19-29-17-12-14-21-33(29)30)39(47)43-36(24-28(2)3)40(48)42-32(27-44)25-31-18-13-15-23-37(31)45/h12,14,16-17,19-21,27-28,31-32,34-36H,4-11,13,15,18,22-26H2,1-3H3,(H2,41,46)(H,42,48)(H,43,47)/t31-,32-,34?,35-,36-/m0/s1. The van der Waals surface area contributed by atoms with E-state index in [2.05, 4.69) is 17.6 Å². The van der Waals surface area contributed by atoms with Crippen LogP contribution in [0.5, 0.6) is 0 Å². The van der Waals surface area contributed by atoms with E-state index in [1.54, 1.807) is 0 Å². The molecule has 0 saturated heterocycles. The highest BCUT2D eigenvalue weighted by atomic mass is 16.2. The van der Waals surface area contributed by atoms with Gasteiger partial charge in [0.05, 0.1) is 12.0 Å². The topological polar surface area (TPSA) is 135 Å². The molecule has 0 aromatic heterocycles. The molecule has 1 aliphatic rings. The molecule has 0 heterocycles. The van der Waals surface area contributed by atoms with Crippen LogP contribution < -0.4 is 16.4 Å². The van der Waals surface area contributed by atoms with Gasteiger partial charge < -0.3 is 21.2 Å². The zero-order chi connectivity index (χ0) is 34.9. The van der Waals surface area contributed by atoms with Gasteiger partial charge in [-0.3, -0.25) is 19.2 Å². The largest absolute Gasteiger partial charge is 0.369 e. The predicted octanol–water partition coefficient (Wildman–Crippen LogP) is 6.99. The molecule has 4 N–H and O–H groups in total. The Hall–Kier alpha value is -3.55. The van der Waals surface area contributed by atoms with Gasteiger partial charge >= 0.3 is 0 Å². The minimum Gasteiger partial charge on any atom is -0.369 e. The van der Waals surface area contributed by atoms with Crippen LogP contribution in [-0.2, 0) is 30.4 Å². The minimum atomic E-state index is -0.909. The van der Waals surface area contributed by atoms with Crippen molar-refractivity contribution in [2.75, 3.05) is 0 Å². The third-order valence-electron chi connectivity index (χ3n) is 9.93. The van der Waals surface area contributed by atoms with Crippen LogP contribution in [-0.4, -0.2) is 41.9 Å². The number of ketones is 1. The molecule has 2 aromatic rings. The van der Waals surface area contributed by atoms with Crippen LogP contribution in [0.4, 0.5) is 0 Å². The zero-order valence-electron chi connectivity index (χ0n) is 29.5. The van der Waals surface area contributed by atoms with Crippen molar-refractivity contribution in [3.05, 3.63) is 48.0 Å². The lowest BCUT2D eigenvalue weighted by Gasteiger charge is -2.29. The molecule has 8 heteroatoms. The molecule has 0 radical (unpaired) electrons. The van der Waals surface area contributed by atoms with Crippen LogP contribution >= 0.6 is 0 Å². The summed E-state index contributed by atoms with van der Waals surface area (Å²) >= 11 is 0. The molecule has 264 valence electrons. The third kappa shape index (κ3) is 12.5. The molecule has 1 fully saturated rings. The van der Waals surface area contributed by atoms with Gasteiger partial charge in [-0.05, 0) is 60.8 Å². The van der Waals surface area contributed by atoms with Crippen molar-refractivity contribution in [2.24, 2.45) is 29.4 Å². The molecule has 48 heavy (non-hydrogen) atoms. The monoisotopic (exact) mass is 661 g/mol. The van der Waals surface area contributed by atoms with Gasteiger partial charge in [-0.1, -0.05) is 121 Å². The van der Waals surface area contributed by atoms with Gasteiger partial charge in [0.1, 0.15) is 18.1 Å². The molecule has 0 aliphatic heterocycles. The number of fused-ring (bicyclic) bond motifs is 1. The number of carbonyl (C=O) groups excluding carboxylic acids is 5. The number of hydrogen-bond donors (Lipinski definition) is 3. The van der Waals surface area contributed by atoms with Crippen molar-refractivity contribution in [3.8, 4) is 0 Å². The fourth-order valence-corrected chi connectivity index (χ4v) is 7.19. The van der Waals surface area contributed by atoms with Crippen molar-refractivity contribution >= 4 is 40.6 Å². The lowest BCUT2D eigenvalue weighted by atomic mass is 9.81. The number of primary amides is 1. The maximum absolute atomic E-state index is 14.3. The summed E-state index contributed by atoms with van der Waals surface area (Å²) in [7, 11) is 0. The van der Waals surface area contributed by atoms with E-state index in [9.17, 15) is 24.0 Å². The fourth-order valence-electron chi connectivity index (χ4n) is 7.19. The lowest BCUT2D eigenvalue weighted by molar-refractivity contribution is -0.136. The van der Waals surface area contributed by atoms with E-state index in [-0.39, 0.29) is 24.0 Å². The number of amides is 3. The Morgan fingerprint density at radius 3 is 2.23 bits per heavy atom. The Kier molecular flexibility index (Phi) is 16.8. The molecular formula is C40H59N3O5. The molecule has 3 amide bonds.